The molecule has 0 bridgehead atoms. The van der Waals surface area contributed by atoms with E-state index in [9.17, 15) is 4.79 Å². The fraction of sp³-hybridized carbons (Fsp3) is 0.250. The van der Waals surface area contributed by atoms with Gasteiger partial charge in [0, 0.05) is 31.0 Å². The Morgan fingerprint density at radius 1 is 1.33 bits per heavy atom. The monoisotopic (exact) mass is 364 g/mol. The van der Waals surface area contributed by atoms with E-state index in [4.69, 9.17) is 15.2 Å². The highest BCUT2D eigenvalue weighted by Crippen LogP contribution is 2.40. The summed E-state index contributed by atoms with van der Waals surface area (Å²) in [6.07, 6.45) is 3.21. The van der Waals surface area contributed by atoms with Gasteiger partial charge in [0.2, 0.25) is 0 Å². The predicted octanol–water partition coefficient (Wildman–Crippen LogP) is 2.12. The summed E-state index contributed by atoms with van der Waals surface area (Å²) >= 11 is 0. The largest absolute Gasteiger partial charge is 0.495 e. The second-order valence-corrected chi connectivity index (χ2v) is 6.54. The molecular weight excluding hydrogens is 344 g/mol. The summed E-state index contributed by atoms with van der Waals surface area (Å²) in [6.45, 7) is 0.576. The molecule has 2 aromatic carbocycles. The highest BCUT2D eigenvalue weighted by molar-refractivity contribution is 5.97. The maximum Gasteiger partial charge on any atom is 0.252 e. The molecule has 0 aliphatic carbocycles. The number of methoxy groups -OCH3 is 1. The van der Waals surface area contributed by atoms with Crippen LogP contribution in [0.2, 0.25) is 0 Å². The number of benzene rings is 2. The molecule has 7 nitrogen and oxygen atoms in total. The fourth-order valence-corrected chi connectivity index (χ4v) is 3.47. The van der Waals surface area contributed by atoms with Crippen LogP contribution in [0.5, 0.6) is 11.5 Å². The molecule has 27 heavy (non-hydrogen) atoms. The lowest BCUT2D eigenvalue weighted by atomic mass is 9.96. The zero-order valence-electron chi connectivity index (χ0n) is 15.2. The smallest absolute Gasteiger partial charge is 0.252 e. The third-order valence-electron chi connectivity index (χ3n) is 4.72. The number of hydrogen-bond donors (Lipinski definition) is 1. The van der Waals surface area contributed by atoms with Crippen molar-refractivity contribution in [3.63, 3.8) is 0 Å². The second kappa shape index (κ2) is 6.75. The van der Waals surface area contributed by atoms with Gasteiger partial charge >= 0.3 is 0 Å². The quantitative estimate of drug-likeness (QED) is 0.749. The van der Waals surface area contributed by atoms with Crippen molar-refractivity contribution in [1.29, 1.82) is 0 Å². The van der Waals surface area contributed by atoms with Crippen molar-refractivity contribution in [1.82, 2.24) is 15.0 Å². The number of rotatable bonds is 5. The number of hydrogen-bond acceptors (Lipinski definition) is 5. The fourth-order valence-electron chi connectivity index (χ4n) is 3.47. The van der Waals surface area contributed by atoms with Gasteiger partial charge in [-0.15, -0.1) is 5.10 Å². The SMILES string of the molecule is COc1c(C(N)=O)cc(Cc2ccc(-c3cn(C)nn3)cc2)c2c1CCO2. The van der Waals surface area contributed by atoms with Gasteiger partial charge in [-0.3, -0.25) is 9.48 Å². The van der Waals surface area contributed by atoms with Crippen molar-refractivity contribution >= 4 is 5.91 Å². The highest BCUT2D eigenvalue weighted by Gasteiger charge is 2.26. The molecule has 0 unspecified atom stereocenters. The first-order valence-electron chi connectivity index (χ1n) is 8.68. The Labute approximate surface area is 156 Å². The summed E-state index contributed by atoms with van der Waals surface area (Å²) < 4.78 is 12.9. The van der Waals surface area contributed by atoms with Gasteiger partial charge in [-0.2, -0.15) is 0 Å². The van der Waals surface area contributed by atoms with E-state index in [-0.39, 0.29) is 0 Å². The Morgan fingerprint density at radius 3 is 2.74 bits per heavy atom. The Bertz CT molecular complexity index is 1010. The van der Waals surface area contributed by atoms with Gasteiger partial charge in [0.15, 0.2) is 0 Å². The lowest BCUT2D eigenvalue weighted by Crippen LogP contribution is -2.14. The first-order valence-corrected chi connectivity index (χ1v) is 8.68. The number of aryl methyl sites for hydroxylation is 1. The van der Waals surface area contributed by atoms with Crippen LogP contribution in [-0.2, 0) is 19.9 Å². The van der Waals surface area contributed by atoms with Gasteiger partial charge in [-0.05, 0) is 17.2 Å². The molecule has 0 fully saturated rings. The number of carbonyl (C=O) groups excluding carboxylic acids is 1. The minimum atomic E-state index is -0.499. The number of amides is 1. The van der Waals surface area contributed by atoms with E-state index in [1.54, 1.807) is 17.9 Å². The normalized spacial score (nSPS) is 12.5. The molecular formula is C20H20N4O3. The molecule has 4 rings (SSSR count). The molecule has 1 aliphatic rings. The van der Waals surface area contributed by atoms with Crippen molar-refractivity contribution < 1.29 is 14.3 Å². The number of nitrogens with two attached hydrogens (primary N) is 1. The molecule has 0 spiro atoms. The minimum absolute atomic E-state index is 0.396. The molecule has 2 N–H and O–H groups in total. The molecule has 0 atom stereocenters. The number of ether oxygens (including phenoxy) is 2. The lowest BCUT2D eigenvalue weighted by molar-refractivity contribution is 0.0997. The van der Waals surface area contributed by atoms with Crippen LogP contribution in [0, 0.1) is 0 Å². The maximum absolute atomic E-state index is 11.9. The van der Waals surface area contributed by atoms with Crippen LogP contribution < -0.4 is 15.2 Å². The Balaban J connectivity index is 1.67. The minimum Gasteiger partial charge on any atom is -0.495 e. The van der Waals surface area contributed by atoms with Gasteiger partial charge in [-0.25, -0.2) is 0 Å². The third kappa shape index (κ3) is 3.12. The summed E-state index contributed by atoms with van der Waals surface area (Å²) in [5.74, 6) is 0.826. The van der Waals surface area contributed by atoms with Crippen LogP contribution in [0.15, 0.2) is 36.5 Å². The van der Waals surface area contributed by atoms with Crippen LogP contribution >= 0.6 is 0 Å². The van der Waals surface area contributed by atoms with E-state index in [0.717, 1.165) is 33.7 Å². The number of aromatic nitrogens is 3. The zero-order chi connectivity index (χ0) is 19.0. The molecule has 0 saturated heterocycles. The van der Waals surface area contributed by atoms with E-state index in [1.807, 2.05) is 37.5 Å². The van der Waals surface area contributed by atoms with Crippen LogP contribution in [0.4, 0.5) is 0 Å². The summed E-state index contributed by atoms with van der Waals surface area (Å²) in [5.41, 5.74) is 10.7. The summed E-state index contributed by atoms with van der Waals surface area (Å²) in [6, 6.07) is 9.89. The van der Waals surface area contributed by atoms with Crippen molar-refractivity contribution in [3.8, 4) is 22.8 Å². The average Bonchev–Trinajstić information content (AvgIpc) is 3.31. The molecule has 1 aliphatic heterocycles. The summed E-state index contributed by atoms with van der Waals surface area (Å²) in [5, 5.41) is 8.08. The van der Waals surface area contributed by atoms with E-state index < -0.39 is 5.91 Å². The van der Waals surface area contributed by atoms with E-state index in [0.29, 0.717) is 30.8 Å². The van der Waals surface area contributed by atoms with Crippen molar-refractivity contribution in [3.05, 3.63) is 58.8 Å². The molecule has 0 saturated carbocycles. The first-order chi connectivity index (χ1) is 13.1. The van der Waals surface area contributed by atoms with Crippen LogP contribution in [0.1, 0.15) is 27.0 Å². The third-order valence-corrected chi connectivity index (χ3v) is 4.72. The molecule has 1 aromatic heterocycles. The van der Waals surface area contributed by atoms with Crippen molar-refractivity contribution in [2.24, 2.45) is 12.8 Å². The second-order valence-electron chi connectivity index (χ2n) is 6.54. The predicted molar refractivity (Wildman–Crippen MR) is 100.0 cm³/mol. The Hall–Kier alpha value is -3.35. The van der Waals surface area contributed by atoms with Crippen LogP contribution in [0.3, 0.4) is 0 Å². The topological polar surface area (TPSA) is 92.3 Å². The van der Waals surface area contributed by atoms with E-state index in [1.165, 1.54) is 0 Å². The average molecular weight is 364 g/mol. The molecule has 1 amide bonds. The number of fused-ring (bicyclic) bond motifs is 1. The Morgan fingerprint density at radius 2 is 2.11 bits per heavy atom. The zero-order valence-corrected chi connectivity index (χ0v) is 15.2. The molecule has 7 heteroatoms. The van der Waals surface area contributed by atoms with E-state index in [2.05, 4.69) is 10.3 Å². The van der Waals surface area contributed by atoms with E-state index >= 15 is 0 Å². The van der Waals surface area contributed by atoms with Crippen molar-refractivity contribution in [2.45, 2.75) is 12.8 Å². The molecule has 3 aromatic rings. The van der Waals surface area contributed by atoms with Gasteiger partial charge in [-0.1, -0.05) is 29.5 Å². The number of nitrogens with zero attached hydrogens (tertiary/aromatic N) is 3. The van der Waals surface area contributed by atoms with Gasteiger partial charge in [0.05, 0.1) is 25.5 Å². The van der Waals surface area contributed by atoms with Gasteiger partial charge in [0.25, 0.3) is 5.91 Å². The maximum atomic E-state index is 11.9. The van der Waals surface area contributed by atoms with Crippen molar-refractivity contribution in [2.75, 3.05) is 13.7 Å². The highest BCUT2D eigenvalue weighted by atomic mass is 16.5. The molecule has 2 heterocycles. The van der Waals surface area contributed by atoms with Gasteiger partial charge in [0.1, 0.15) is 17.2 Å². The molecule has 0 radical (unpaired) electrons. The summed E-state index contributed by atoms with van der Waals surface area (Å²) in [4.78, 5) is 11.9. The standard InChI is InChI=1S/C20H20N4O3/c1-24-11-17(22-23-24)13-5-3-12(4-6-13)9-14-10-16(20(21)25)19(26-2)15-7-8-27-18(14)15/h3-6,10-11H,7-9H2,1-2H3,(H2,21,25). The van der Waals surface area contributed by atoms with Crippen LogP contribution in [-0.4, -0.2) is 34.6 Å². The number of primary amides is 1. The summed E-state index contributed by atoms with van der Waals surface area (Å²) in [7, 11) is 3.39. The van der Waals surface area contributed by atoms with Gasteiger partial charge < -0.3 is 15.2 Å². The van der Waals surface area contributed by atoms with Crippen LogP contribution in [0.25, 0.3) is 11.3 Å². The molecule has 138 valence electrons. The first kappa shape index (κ1) is 17.1. The lowest BCUT2D eigenvalue weighted by Gasteiger charge is -2.15. The number of carbonyl (C=O) groups is 1. The Kier molecular flexibility index (Phi) is 4.27.